The summed E-state index contributed by atoms with van der Waals surface area (Å²) in [5, 5.41) is 0. The third kappa shape index (κ3) is 14.7. The number of carbonyl (C=O) groups excluding carboxylic acids is 1. The van der Waals surface area contributed by atoms with Gasteiger partial charge in [-0.3, -0.25) is 4.79 Å². The lowest BCUT2D eigenvalue weighted by Crippen LogP contribution is -1.99. The summed E-state index contributed by atoms with van der Waals surface area (Å²) < 4.78 is 4.86. The van der Waals surface area contributed by atoms with Crippen molar-refractivity contribution in [3.8, 4) is 0 Å². The van der Waals surface area contributed by atoms with Crippen LogP contribution in [-0.4, -0.2) is 12.6 Å². The van der Waals surface area contributed by atoms with E-state index in [0.717, 1.165) is 19.3 Å². The minimum absolute atomic E-state index is 0.180. The Bertz CT molecular complexity index is 262. The molecule has 0 aromatic rings. The Labute approximate surface area is 105 Å². The molecule has 0 saturated carbocycles. The molecule has 0 rings (SSSR count). The van der Waals surface area contributed by atoms with Crippen molar-refractivity contribution < 1.29 is 9.53 Å². The van der Waals surface area contributed by atoms with Crippen molar-refractivity contribution in [1.29, 1.82) is 0 Å². The molecule has 0 spiro atoms. The van der Waals surface area contributed by atoms with E-state index in [-0.39, 0.29) is 5.97 Å². The largest absolute Gasteiger partial charge is 0.466 e. The predicted molar refractivity (Wildman–Crippen MR) is 72.8 cm³/mol. The number of esters is 1. The number of carbonyl (C=O) groups is 1. The van der Waals surface area contributed by atoms with Gasteiger partial charge in [-0.05, 0) is 26.2 Å². The van der Waals surface area contributed by atoms with Gasteiger partial charge in [0.1, 0.15) is 0 Å². The summed E-state index contributed by atoms with van der Waals surface area (Å²) in [6.45, 7) is 4.02. The first kappa shape index (κ1) is 15.7. The molecule has 96 valence electrons. The van der Waals surface area contributed by atoms with E-state index in [1.807, 2.05) is 31.2 Å². The Balaban J connectivity index is 3.20. The lowest BCUT2D eigenvalue weighted by Gasteiger charge is -2.00. The maximum absolute atomic E-state index is 10.5. The van der Waals surface area contributed by atoms with Crippen LogP contribution in [0.2, 0.25) is 0 Å². The quantitative estimate of drug-likeness (QED) is 0.341. The van der Waals surface area contributed by atoms with Gasteiger partial charge in [0.2, 0.25) is 0 Å². The molecule has 0 saturated heterocycles. The highest BCUT2D eigenvalue weighted by molar-refractivity contribution is 5.65. The zero-order valence-corrected chi connectivity index (χ0v) is 11.0. The van der Waals surface area contributed by atoms with Gasteiger partial charge >= 0.3 is 5.97 Å². The highest BCUT2D eigenvalue weighted by atomic mass is 16.5. The van der Waals surface area contributed by atoms with Gasteiger partial charge in [-0.15, -0.1) is 0 Å². The molecule has 0 bridgehead atoms. The molecule has 2 nitrogen and oxygen atoms in total. The fourth-order valence-electron chi connectivity index (χ4n) is 1.35. The summed E-state index contributed by atoms with van der Waals surface area (Å²) in [5.74, 6) is -0.180. The molecule has 0 atom stereocenters. The maximum atomic E-state index is 10.5. The van der Waals surface area contributed by atoms with Crippen LogP contribution < -0.4 is 0 Å². The van der Waals surface area contributed by atoms with E-state index in [1.165, 1.54) is 19.8 Å². The van der Waals surface area contributed by atoms with Crippen molar-refractivity contribution in [2.45, 2.75) is 46.0 Å². The third-order valence-electron chi connectivity index (χ3n) is 2.23. The number of ether oxygens (including phenoxy) is 1. The molecule has 0 aromatic heterocycles. The molecule has 0 heterocycles. The first-order chi connectivity index (χ1) is 8.27. The lowest BCUT2D eigenvalue weighted by atomic mass is 10.1. The minimum atomic E-state index is -0.180. The molecule has 0 unspecified atom stereocenters. The first-order valence-corrected chi connectivity index (χ1v) is 6.35. The number of hydrogen-bond donors (Lipinski definition) is 0. The third-order valence-corrected chi connectivity index (χ3v) is 2.23. The Morgan fingerprint density at radius 1 is 1.00 bits per heavy atom. The summed E-state index contributed by atoms with van der Waals surface area (Å²) in [7, 11) is 0. The highest BCUT2D eigenvalue weighted by Crippen LogP contribution is 2.04. The zero-order chi connectivity index (χ0) is 12.8. The van der Waals surface area contributed by atoms with Crippen molar-refractivity contribution in [3.05, 3.63) is 36.5 Å². The molecule has 0 aliphatic rings. The van der Waals surface area contributed by atoms with Gasteiger partial charge in [-0.25, -0.2) is 0 Å². The van der Waals surface area contributed by atoms with Gasteiger partial charge in [-0.2, -0.15) is 0 Å². The second-order valence-corrected chi connectivity index (χ2v) is 3.88. The minimum Gasteiger partial charge on any atom is -0.466 e. The predicted octanol–water partition coefficient (Wildman–Crippen LogP) is 4.19. The van der Waals surface area contributed by atoms with Crippen LogP contribution in [0.25, 0.3) is 0 Å². The van der Waals surface area contributed by atoms with Crippen molar-refractivity contribution in [3.63, 3.8) is 0 Å². The summed E-state index contributed by atoms with van der Waals surface area (Å²) in [6.07, 6.45) is 18.0. The van der Waals surface area contributed by atoms with Crippen LogP contribution in [0.15, 0.2) is 36.5 Å². The van der Waals surface area contributed by atoms with Crippen LogP contribution in [0.4, 0.5) is 0 Å². The fourth-order valence-corrected chi connectivity index (χ4v) is 1.35. The molecule has 0 N–H and O–H groups in total. The number of allylic oxidation sites excluding steroid dienone is 6. The van der Waals surface area contributed by atoms with E-state index in [1.54, 1.807) is 0 Å². The fraction of sp³-hybridized carbons (Fsp3) is 0.533. The normalized spacial score (nSPS) is 11.9. The average Bonchev–Trinajstić information content (AvgIpc) is 2.30. The van der Waals surface area contributed by atoms with E-state index >= 15 is 0 Å². The smallest absolute Gasteiger partial charge is 0.302 e. The van der Waals surface area contributed by atoms with Crippen molar-refractivity contribution in [2.24, 2.45) is 0 Å². The van der Waals surface area contributed by atoms with Crippen LogP contribution in [-0.2, 0) is 9.53 Å². The molecule has 0 radical (unpaired) electrons. The second-order valence-electron chi connectivity index (χ2n) is 3.88. The highest BCUT2D eigenvalue weighted by Gasteiger charge is 1.92. The van der Waals surface area contributed by atoms with Crippen LogP contribution in [0, 0.1) is 0 Å². The molecular formula is C15H24O2. The average molecular weight is 236 g/mol. The van der Waals surface area contributed by atoms with E-state index in [2.05, 4.69) is 12.2 Å². The summed E-state index contributed by atoms with van der Waals surface area (Å²) >= 11 is 0. The standard InChI is InChI=1S/C15H24O2/c1-3-4-5-6-7-8-9-10-11-12-13-14-17-15(2)16/h3-8H,9-14H2,1-2H3/b4-3+,6-5?,8-7?. The van der Waals surface area contributed by atoms with Gasteiger partial charge < -0.3 is 4.74 Å². The van der Waals surface area contributed by atoms with E-state index in [0.29, 0.717) is 6.61 Å². The summed E-state index contributed by atoms with van der Waals surface area (Å²) in [6, 6.07) is 0. The van der Waals surface area contributed by atoms with Crippen LogP contribution in [0.1, 0.15) is 46.0 Å². The Kier molecular flexibility index (Phi) is 11.8. The monoisotopic (exact) mass is 236 g/mol. The van der Waals surface area contributed by atoms with Gasteiger partial charge in [-0.1, -0.05) is 49.3 Å². The van der Waals surface area contributed by atoms with E-state index < -0.39 is 0 Å². The number of rotatable bonds is 9. The summed E-state index contributed by atoms with van der Waals surface area (Å²) in [4.78, 5) is 10.5. The Hall–Kier alpha value is -1.31. The van der Waals surface area contributed by atoms with Gasteiger partial charge in [0.25, 0.3) is 0 Å². The molecule has 0 fully saturated rings. The molecule has 0 aliphatic heterocycles. The van der Waals surface area contributed by atoms with Gasteiger partial charge in [0.05, 0.1) is 6.61 Å². The SMILES string of the molecule is C/C=C/C=CC=CCCCCCCOC(C)=O. The van der Waals surface area contributed by atoms with Gasteiger partial charge in [0.15, 0.2) is 0 Å². The zero-order valence-electron chi connectivity index (χ0n) is 11.0. The number of hydrogen-bond acceptors (Lipinski definition) is 2. The van der Waals surface area contributed by atoms with Crippen molar-refractivity contribution in [1.82, 2.24) is 0 Å². The van der Waals surface area contributed by atoms with Crippen molar-refractivity contribution in [2.75, 3.05) is 6.61 Å². The molecule has 2 heteroatoms. The lowest BCUT2D eigenvalue weighted by molar-refractivity contribution is -0.141. The topological polar surface area (TPSA) is 26.3 Å². The Morgan fingerprint density at radius 3 is 2.41 bits per heavy atom. The van der Waals surface area contributed by atoms with Crippen LogP contribution in [0.3, 0.4) is 0 Å². The molecule has 17 heavy (non-hydrogen) atoms. The molecule has 0 aliphatic carbocycles. The molecule has 0 amide bonds. The van der Waals surface area contributed by atoms with E-state index in [9.17, 15) is 4.79 Å². The first-order valence-electron chi connectivity index (χ1n) is 6.35. The van der Waals surface area contributed by atoms with Crippen LogP contribution >= 0.6 is 0 Å². The van der Waals surface area contributed by atoms with E-state index in [4.69, 9.17) is 4.74 Å². The van der Waals surface area contributed by atoms with Gasteiger partial charge in [0, 0.05) is 6.92 Å². The summed E-state index contributed by atoms with van der Waals surface area (Å²) in [5.41, 5.74) is 0. The molecule has 0 aromatic carbocycles. The molecular weight excluding hydrogens is 212 g/mol. The second kappa shape index (κ2) is 12.8. The van der Waals surface area contributed by atoms with Crippen molar-refractivity contribution >= 4 is 5.97 Å². The Morgan fingerprint density at radius 2 is 1.71 bits per heavy atom. The number of unbranched alkanes of at least 4 members (excludes halogenated alkanes) is 4. The van der Waals surface area contributed by atoms with Crippen LogP contribution in [0.5, 0.6) is 0 Å². The maximum Gasteiger partial charge on any atom is 0.302 e.